The minimum Gasteiger partial charge on any atom is -0.382 e. The second-order valence-electron chi connectivity index (χ2n) is 5.08. The minimum atomic E-state index is -0.456. The quantitative estimate of drug-likeness (QED) is 0.882. The van der Waals surface area contributed by atoms with Crippen LogP contribution in [0, 0.1) is 0 Å². The summed E-state index contributed by atoms with van der Waals surface area (Å²) in [4.78, 5) is 23.9. The van der Waals surface area contributed by atoms with E-state index in [0.29, 0.717) is 6.04 Å². The highest BCUT2D eigenvalue weighted by atomic mass is 16.2. The Balaban J connectivity index is 1.69. The second-order valence-corrected chi connectivity index (χ2v) is 5.08. The van der Waals surface area contributed by atoms with Gasteiger partial charge < -0.3 is 5.73 Å². The normalized spacial score (nSPS) is 15.8. The fourth-order valence-electron chi connectivity index (χ4n) is 2.54. The summed E-state index contributed by atoms with van der Waals surface area (Å²) in [5.41, 5.74) is 5.69. The number of nitrogens with two attached hydrogens (primary N) is 1. The van der Waals surface area contributed by atoms with Crippen molar-refractivity contribution >= 4 is 17.7 Å². The van der Waals surface area contributed by atoms with Gasteiger partial charge >= 0.3 is 0 Å². The van der Waals surface area contributed by atoms with Crippen LogP contribution in [-0.2, 0) is 0 Å². The highest BCUT2D eigenvalue weighted by molar-refractivity contribution is 6.04. The Bertz CT molecular complexity index is 633. The van der Waals surface area contributed by atoms with Crippen LogP contribution in [0.2, 0.25) is 0 Å². The first-order valence-electron chi connectivity index (χ1n) is 7.03. The molecule has 0 radical (unpaired) electrons. The summed E-state index contributed by atoms with van der Waals surface area (Å²) in [5.74, 6) is -0.112. The lowest BCUT2D eigenvalue weighted by Crippen LogP contribution is -2.18. The van der Waals surface area contributed by atoms with Crippen LogP contribution in [0.25, 0.3) is 0 Å². The Morgan fingerprint density at radius 3 is 2.71 bits per heavy atom. The van der Waals surface area contributed by atoms with Gasteiger partial charge in [0.1, 0.15) is 6.33 Å². The summed E-state index contributed by atoms with van der Waals surface area (Å²) in [7, 11) is 0. The van der Waals surface area contributed by atoms with Gasteiger partial charge in [0, 0.05) is 12.4 Å². The molecule has 1 fully saturated rings. The fraction of sp³-hybridized carbons (Fsp3) is 0.462. The number of anilines is 2. The highest BCUT2D eigenvalue weighted by Crippen LogP contribution is 2.27. The Kier molecular flexibility index (Phi) is 3.76. The Labute approximate surface area is 121 Å². The summed E-state index contributed by atoms with van der Waals surface area (Å²) in [6.07, 6.45) is 10.4. The molecule has 1 aliphatic carbocycles. The molecule has 2 heterocycles. The molecule has 0 atom stereocenters. The molecule has 110 valence electrons. The van der Waals surface area contributed by atoms with E-state index in [1.165, 1.54) is 31.7 Å². The number of carbonyl (C=O) groups is 1. The van der Waals surface area contributed by atoms with Crippen molar-refractivity contribution in [2.75, 3.05) is 11.1 Å². The van der Waals surface area contributed by atoms with E-state index >= 15 is 0 Å². The first-order chi connectivity index (χ1) is 10.2. The fourth-order valence-corrected chi connectivity index (χ4v) is 2.54. The third kappa shape index (κ3) is 2.99. The summed E-state index contributed by atoms with van der Waals surface area (Å²) >= 11 is 0. The van der Waals surface area contributed by atoms with E-state index in [1.54, 1.807) is 6.33 Å². The van der Waals surface area contributed by atoms with Crippen molar-refractivity contribution in [1.82, 2.24) is 24.7 Å². The van der Waals surface area contributed by atoms with Crippen molar-refractivity contribution < 1.29 is 4.79 Å². The number of nitrogens with one attached hydrogen (secondary N) is 1. The monoisotopic (exact) mass is 287 g/mol. The van der Waals surface area contributed by atoms with Crippen LogP contribution in [0.5, 0.6) is 0 Å². The Morgan fingerprint density at radius 2 is 1.95 bits per heavy atom. The van der Waals surface area contributed by atoms with Crippen LogP contribution < -0.4 is 11.1 Å². The molecule has 1 saturated carbocycles. The third-order valence-electron chi connectivity index (χ3n) is 3.62. The molecule has 0 spiro atoms. The molecule has 1 amide bonds. The number of hydrogen-bond acceptors (Lipinski definition) is 6. The van der Waals surface area contributed by atoms with Crippen molar-refractivity contribution in [1.29, 1.82) is 0 Å². The van der Waals surface area contributed by atoms with Crippen LogP contribution in [-0.4, -0.2) is 30.6 Å². The smallest absolute Gasteiger partial charge is 0.280 e. The molecule has 0 unspecified atom stereocenters. The van der Waals surface area contributed by atoms with Crippen LogP contribution in [0.3, 0.4) is 0 Å². The van der Waals surface area contributed by atoms with Crippen LogP contribution in [0.4, 0.5) is 11.8 Å². The van der Waals surface area contributed by atoms with Crippen molar-refractivity contribution in [2.24, 2.45) is 0 Å². The summed E-state index contributed by atoms with van der Waals surface area (Å²) in [6.45, 7) is 0. The van der Waals surface area contributed by atoms with Gasteiger partial charge in [-0.05, 0) is 12.8 Å². The maximum atomic E-state index is 12.0. The number of nitrogens with zero attached hydrogens (tertiary/aromatic N) is 5. The van der Waals surface area contributed by atoms with Crippen molar-refractivity contribution in [3.05, 3.63) is 24.4 Å². The zero-order valence-electron chi connectivity index (χ0n) is 11.6. The Morgan fingerprint density at radius 1 is 1.19 bits per heavy atom. The van der Waals surface area contributed by atoms with E-state index in [4.69, 9.17) is 5.73 Å². The molecular weight excluding hydrogens is 270 g/mol. The molecule has 21 heavy (non-hydrogen) atoms. The average Bonchev–Trinajstić information content (AvgIpc) is 2.97. The van der Waals surface area contributed by atoms with Gasteiger partial charge in [-0.15, -0.1) is 5.10 Å². The number of nitrogen functional groups attached to an aromatic ring is 1. The van der Waals surface area contributed by atoms with Gasteiger partial charge in [0.05, 0.1) is 6.04 Å². The minimum absolute atomic E-state index is 0.0755. The zero-order valence-corrected chi connectivity index (χ0v) is 11.6. The van der Waals surface area contributed by atoms with Crippen molar-refractivity contribution in [2.45, 2.75) is 38.1 Å². The summed E-state index contributed by atoms with van der Waals surface area (Å²) in [6, 6.07) is 0.374. The van der Waals surface area contributed by atoms with E-state index in [2.05, 4.69) is 25.4 Å². The molecule has 2 aromatic heterocycles. The lowest BCUT2D eigenvalue weighted by atomic mass is 9.96. The van der Waals surface area contributed by atoms with Crippen LogP contribution in [0.1, 0.15) is 48.6 Å². The van der Waals surface area contributed by atoms with Crippen LogP contribution >= 0.6 is 0 Å². The van der Waals surface area contributed by atoms with E-state index in [-0.39, 0.29) is 17.5 Å². The maximum absolute atomic E-state index is 12.0. The molecule has 2 aromatic rings. The average molecular weight is 287 g/mol. The van der Waals surface area contributed by atoms with Gasteiger partial charge in [0.25, 0.3) is 5.91 Å². The van der Waals surface area contributed by atoms with Gasteiger partial charge in [-0.3, -0.25) is 10.1 Å². The zero-order chi connectivity index (χ0) is 14.7. The number of amides is 1. The number of carbonyl (C=O) groups excluding carboxylic acids is 1. The van der Waals surface area contributed by atoms with Gasteiger partial charge in [0.2, 0.25) is 5.95 Å². The second kappa shape index (κ2) is 5.86. The van der Waals surface area contributed by atoms with E-state index < -0.39 is 5.91 Å². The topological polar surface area (TPSA) is 112 Å². The third-order valence-corrected chi connectivity index (χ3v) is 3.62. The Hall–Kier alpha value is -2.51. The van der Waals surface area contributed by atoms with Crippen molar-refractivity contribution in [3.63, 3.8) is 0 Å². The van der Waals surface area contributed by atoms with Gasteiger partial charge in [-0.1, -0.05) is 19.3 Å². The molecule has 0 aliphatic heterocycles. The number of rotatable bonds is 3. The molecule has 8 heteroatoms. The summed E-state index contributed by atoms with van der Waals surface area (Å²) < 4.78 is 1.83. The first-order valence-corrected chi connectivity index (χ1v) is 7.03. The lowest BCUT2D eigenvalue weighted by molar-refractivity contribution is 0.102. The van der Waals surface area contributed by atoms with E-state index in [9.17, 15) is 4.79 Å². The van der Waals surface area contributed by atoms with Crippen molar-refractivity contribution in [3.8, 4) is 0 Å². The lowest BCUT2D eigenvalue weighted by Gasteiger charge is -2.21. The van der Waals surface area contributed by atoms with E-state index in [0.717, 1.165) is 12.8 Å². The molecular formula is C13H17N7O. The standard InChI is InChI=1S/C13H17N7O/c14-11-10(15-6-7-16-11)12(21)18-13-17-8-20(19-13)9-4-2-1-3-5-9/h6-9H,1-5H2,(H2,14,16)(H,18,19,21). The van der Waals surface area contributed by atoms with Gasteiger partial charge in [-0.2, -0.15) is 0 Å². The van der Waals surface area contributed by atoms with Gasteiger partial charge in [-0.25, -0.2) is 19.6 Å². The molecule has 8 nitrogen and oxygen atoms in total. The largest absolute Gasteiger partial charge is 0.382 e. The molecule has 3 rings (SSSR count). The molecule has 0 aromatic carbocycles. The predicted molar refractivity (Wildman–Crippen MR) is 76.5 cm³/mol. The SMILES string of the molecule is Nc1nccnc1C(=O)Nc1ncn(C2CCCCC2)n1. The molecule has 1 aliphatic rings. The van der Waals surface area contributed by atoms with Crippen LogP contribution in [0.15, 0.2) is 18.7 Å². The number of hydrogen-bond donors (Lipinski definition) is 2. The summed E-state index contributed by atoms with van der Waals surface area (Å²) in [5, 5.41) is 6.91. The highest BCUT2D eigenvalue weighted by Gasteiger charge is 2.18. The maximum Gasteiger partial charge on any atom is 0.280 e. The predicted octanol–water partition coefficient (Wildman–Crippen LogP) is 1.41. The van der Waals surface area contributed by atoms with E-state index in [1.807, 2.05) is 4.68 Å². The molecule has 0 bridgehead atoms. The van der Waals surface area contributed by atoms with Gasteiger partial charge in [0.15, 0.2) is 11.5 Å². The first kappa shape index (κ1) is 13.5. The number of aromatic nitrogens is 5. The molecule has 3 N–H and O–H groups in total. The molecule has 0 saturated heterocycles.